The van der Waals surface area contributed by atoms with Crippen molar-refractivity contribution < 1.29 is 49.1 Å². The second-order valence-electron chi connectivity index (χ2n) is 12.2. The average Bonchev–Trinajstić information content (AvgIpc) is 3.01. The topological polar surface area (TPSA) is 206 Å². The van der Waals surface area contributed by atoms with Gasteiger partial charge in [0.25, 0.3) is 0 Å². The molecule has 5 unspecified atom stereocenters. The molecule has 0 bridgehead atoms. The summed E-state index contributed by atoms with van der Waals surface area (Å²) in [5.74, 6) is -3.64. The number of benzene rings is 3. The maximum Gasteiger partial charge on any atom is 0.199 e. The summed E-state index contributed by atoms with van der Waals surface area (Å²) >= 11 is 0. The molecule has 1 fully saturated rings. The largest absolute Gasteiger partial charge is 0.507 e. The van der Waals surface area contributed by atoms with E-state index in [1.165, 1.54) is 25.1 Å². The van der Waals surface area contributed by atoms with Gasteiger partial charge in [0.1, 0.15) is 17.1 Å². The van der Waals surface area contributed by atoms with Crippen LogP contribution >= 0.6 is 0 Å². The number of hydrogen-bond donors (Lipinski definition) is 6. The maximum atomic E-state index is 13.7. The molecule has 2 aliphatic carbocycles. The molecule has 6 rings (SSSR count). The van der Waals surface area contributed by atoms with Crippen LogP contribution in [0.15, 0.2) is 42.5 Å². The number of nitrogen functional groups attached to an aromatic ring is 1. The minimum absolute atomic E-state index is 0.0285. The number of Topliss-reactive ketones (excluding diaryl/α,β-unsaturated/α-hetero) is 1. The zero-order chi connectivity index (χ0) is 33.1. The molecule has 1 aliphatic heterocycles. The number of aldehydes is 1. The molecule has 0 aromatic heterocycles. The predicted molar refractivity (Wildman–Crippen MR) is 163 cm³/mol. The van der Waals surface area contributed by atoms with Crippen molar-refractivity contribution in [2.75, 3.05) is 5.73 Å². The highest BCUT2D eigenvalue weighted by atomic mass is 16.7. The summed E-state index contributed by atoms with van der Waals surface area (Å²) < 4.78 is 12.3. The molecule has 0 radical (unpaired) electrons. The lowest BCUT2D eigenvalue weighted by molar-refractivity contribution is -0.246. The van der Waals surface area contributed by atoms with Crippen LogP contribution in [0.4, 0.5) is 5.69 Å². The van der Waals surface area contributed by atoms with Crippen molar-refractivity contribution in [2.45, 2.75) is 75.9 Å². The van der Waals surface area contributed by atoms with Gasteiger partial charge in [0, 0.05) is 59.3 Å². The molecule has 46 heavy (non-hydrogen) atoms. The van der Waals surface area contributed by atoms with E-state index in [4.69, 9.17) is 15.2 Å². The zero-order valence-electron chi connectivity index (χ0n) is 25.1. The summed E-state index contributed by atoms with van der Waals surface area (Å²) in [5, 5.41) is 48.8. The van der Waals surface area contributed by atoms with Gasteiger partial charge in [0.05, 0.1) is 35.5 Å². The molecule has 12 nitrogen and oxygen atoms in total. The number of rotatable bonds is 7. The summed E-state index contributed by atoms with van der Waals surface area (Å²) in [7, 11) is 0. The molecule has 7 N–H and O–H groups in total. The second-order valence-corrected chi connectivity index (χ2v) is 12.2. The summed E-state index contributed by atoms with van der Waals surface area (Å²) in [6.07, 6.45) is -4.34. The molecule has 3 aliphatic rings. The molecule has 3 aromatic rings. The first-order chi connectivity index (χ1) is 21.8. The van der Waals surface area contributed by atoms with E-state index in [1.807, 2.05) is 12.1 Å². The Morgan fingerprint density at radius 2 is 1.78 bits per heavy atom. The fraction of sp³-hybridized carbons (Fsp3) is 0.353. The van der Waals surface area contributed by atoms with Crippen LogP contribution in [-0.2, 0) is 27.2 Å². The van der Waals surface area contributed by atoms with Crippen molar-refractivity contribution >= 4 is 29.3 Å². The number of aliphatic hydroxyl groups is 2. The van der Waals surface area contributed by atoms with Gasteiger partial charge in [-0.3, -0.25) is 19.2 Å². The third-order valence-corrected chi connectivity index (χ3v) is 9.27. The second kappa shape index (κ2) is 11.7. The van der Waals surface area contributed by atoms with E-state index in [2.05, 4.69) is 5.32 Å². The van der Waals surface area contributed by atoms with Gasteiger partial charge in [-0.2, -0.15) is 0 Å². The normalized spacial score (nSPS) is 27.0. The minimum Gasteiger partial charge on any atom is -0.507 e. The van der Waals surface area contributed by atoms with E-state index in [9.17, 15) is 39.6 Å². The van der Waals surface area contributed by atoms with Gasteiger partial charge in [-0.05, 0) is 31.5 Å². The van der Waals surface area contributed by atoms with Crippen molar-refractivity contribution in [1.82, 2.24) is 5.32 Å². The monoisotopic (exact) mass is 630 g/mol. The molecule has 0 saturated carbocycles. The number of aromatic hydroxyl groups is 2. The van der Waals surface area contributed by atoms with Crippen molar-refractivity contribution in [3.8, 4) is 11.5 Å². The van der Waals surface area contributed by atoms with Crippen LogP contribution in [0.2, 0.25) is 0 Å². The number of phenolic OH excluding ortho intramolecular Hbond substituents is 2. The summed E-state index contributed by atoms with van der Waals surface area (Å²) in [6.45, 7) is 3.35. The number of carbonyl (C=O) groups is 4. The number of ether oxygens (including phenoxy) is 2. The Balaban J connectivity index is 1.34. The Labute approximate surface area is 263 Å². The smallest absolute Gasteiger partial charge is 0.199 e. The molecule has 6 atom stereocenters. The first kappa shape index (κ1) is 31.5. The quantitative estimate of drug-likeness (QED) is 0.0988. The standard InChI is InChI=1S/C34H34N2O10/c1-15-29(36-13-17-6-8-19(35)9-7-17)22(39)10-24(45-15)46-23-12-34(44,16(2)38)11-21-26(23)33(43)28-27(31(21)41)30(40)20-5-3-4-18(14-37)25(20)32(28)42/h3-9,14-15,22-24,29,36,39,41,43-44H,10-13,35H2,1-2H3/t15?,22?,23-,24?,29?,34?/m1/s1. The van der Waals surface area contributed by atoms with E-state index in [-0.39, 0.29) is 40.7 Å². The molecule has 1 heterocycles. The Morgan fingerprint density at radius 3 is 2.43 bits per heavy atom. The predicted octanol–water partition coefficient (Wildman–Crippen LogP) is 2.25. The lowest BCUT2D eigenvalue weighted by Crippen LogP contribution is -2.55. The molecule has 1 saturated heterocycles. The fourth-order valence-corrected chi connectivity index (χ4v) is 6.77. The summed E-state index contributed by atoms with van der Waals surface area (Å²) in [5.41, 5.74) is 3.67. The number of hydrogen-bond acceptors (Lipinski definition) is 12. The first-order valence-corrected chi connectivity index (χ1v) is 14.9. The van der Waals surface area contributed by atoms with Gasteiger partial charge in [-0.15, -0.1) is 0 Å². The lowest BCUT2D eigenvalue weighted by atomic mass is 9.71. The SMILES string of the molecule is CC(=O)C1(O)Cc2c(O)c3c(c(O)c2[C@H](OC2CC(O)C(NCc4ccc(N)cc4)C(C)O2)C1)C(=O)c1c(C=O)cccc1C3=O. The highest BCUT2D eigenvalue weighted by Crippen LogP contribution is 2.52. The molecule has 240 valence electrons. The van der Waals surface area contributed by atoms with Crippen molar-refractivity contribution in [2.24, 2.45) is 0 Å². The highest BCUT2D eigenvalue weighted by molar-refractivity contribution is 6.32. The van der Waals surface area contributed by atoms with Crippen LogP contribution in [0.5, 0.6) is 11.5 Å². The average molecular weight is 631 g/mol. The van der Waals surface area contributed by atoms with E-state index in [1.54, 1.807) is 19.1 Å². The molecule has 3 aromatic carbocycles. The Morgan fingerprint density at radius 1 is 1.09 bits per heavy atom. The molecule has 0 amide bonds. The minimum atomic E-state index is -2.05. The lowest BCUT2D eigenvalue weighted by Gasteiger charge is -2.43. The Hall–Kier alpha value is -4.46. The maximum absolute atomic E-state index is 13.7. The van der Waals surface area contributed by atoms with E-state index < -0.39 is 82.6 Å². The van der Waals surface area contributed by atoms with Crippen LogP contribution in [0.1, 0.15) is 91.7 Å². The third-order valence-electron chi connectivity index (χ3n) is 9.27. The van der Waals surface area contributed by atoms with Crippen molar-refractivity contribution in [3.63, 3.8) is 0 Å². The number of nitrogens with one attached hydrogen (secondary N) is 1. The van der Waals surface area contributed by atoms with Crippen LogP contribution in [-0.4, -0.2) is 74.2 Å². The molecular weight excluding hydrogens is 596 g/mol. The number of nitrogens with two attached hydrogens (primary N) is 1. The fourth-order valence-electron chi connectivity index (χ4n) is 6.77. The first-order valence-electron chi connectivity index (χ1n) is 14.9. The number of carbonyl (C=O) groups excluding carboxylic acids is 4. The van der Waals surface area contributed by atoms with Crippen molar-refractivity contribution in [3.05, 3.63) is 87.0 Å². The molecule has 12 heteroatoms. The van der Waals surface area contributed by atoms with Gasteiger partial charge in [0.15, 0.2) is 29.9 Å². The Kier molecular flexibility index (Phi) is 8.03. The van der Waals surface area contributed by atoms with E-state index in [0.29, 0.717) is 18.5 Å². The van der Waals surface area contributed by atoms with Gasteiger partial charge in [-0.25, -0.2) is 0 Å². The number of aliphatic hydroxyl groups excluding tert-OH is 1. The van der Waals surface area contributed by atoms with E-state index >= 15 is 0 Å². The molecule has 0 spiro atoms. The van der Waals surface area contributed by atoms with Crippen LogP contribution in [0, 0.1) is 0 Å². The third kappa shape index (κ3) is 5.17. The number of ketones is 3. The van der Waals surface area contributed by atoms with Gasteiger partial charge >= 0.3 is 0 Å². The number of fused-ring (bicyclic) bond motifs is 3. The number of anilines is 1. The van der Waals surface area contributed by atoms with Gasteiger partial charge in [-0.1, -0.05) is 30.3 Å². The number of phenols is 2. The zero-order valence-corrected chi connectivity index (χ0v) is 25.1. The summed E-state index contributed by atoms with van der Waals surface area (Å²) in [6, 6.07) is 10.9. The Bertz CT molecular complexity index is 1760. The summed E-state index contributed by atoms with van der Waals surface area (Å²) in [4.78, 5) is 51.7. The van der Waals surface area contributed by atoms with Crippen LogP contribution in [0.25, 0.3) is 0 Å². The highest BCUT2D eigenvalue weighted by Gasteiger charge is 2.49. The van der Waals surface area contributed by atoms with Gasteiger partial charge < -0.3 is 41.0 Å². The van der Waals surface area contributed by atoms with Crippen LogP contribution in [0.3, 0.4) is 0 Å². The van der Waals surface area contributed by atoms with E-state index in [0.717, 1.165) is 5.56 Å². The van der Waals surface area contributed by atoms with Crippen molar-refractivity contribution in [1.29, 1.82) is 0 Å². The van der Waals surface area contributed by atoms with Gasteiger partial charge in [0.2, 0.25) is 0 Å². The van der Waals surface area contributed by atoms with Crippen LogP contribution < -0.4 is 11.1 Å². The molecular formula is C34H34N2O10.